The van der Waals surface area contributed by atoms with Gasteiger partial charge in [0.2, 0.25) is 11.8 Å². The third kappa shape index (κ3) is 5.75. The van der Waals surface area contributed by atoms with E-state index in [1.165, 1.54) is 0 Å². The number of ether oxygens (including phenoxy) is 2. The van der Waals surface area contributed by atoms with Crippen molar-refractivity contribution in [3.05, 3.63) is 54.1 Å². The van der Waals surface area contributed by atoms with Crippen LogP contribution in [0.3, 0.4) is 0 Å². The van der Waals surface area contributed by atoms with Crippen LogP contribution in [0.1, 0.15) is 39.2 Å². The maximum Gasteiger partial charge on any atom is 0.227 e. The number of hydrogen-bond acceptors (Lipinski definition) is 4. The van der Waals surface area contributed by atoms with Crippen molar-refractivity contribution in [2.24, 2.45) is 5.92 Å². The van der Waals surface area contributed by atoms with Gasteiger partial charge < -0.3 is 19.7 Å². The molecule has 30 heavy (non-hydrogen) atoms. The molecule has 2 amide bonds. The van der Waals surface area contributed by atoms with Crippen molar-refractivity contribution in [1.29, 1.82) is 0 Å². The van der Waals surface area contributed by atoms with Gasteiger partial charge in [-0.15, -0.1) is 0 Å². The molecule has 0 bridgehead atoms. The highest BCUT2D eigenvalue weighted by Gasteiger charge is 2.35. The number of anilines is 1. The average molecular weight is 411 g/mol. The SMILES string of the molecule is CCCOc1ccc(N2C[C@@H](C(=O)NCc3ccc(OC(C)C)cc3)CC2=O)cc1. The normalized spacial score (nSPS) is 16.1. The monoisotopic (exact) mass is 410 g/mol. The van der Waals surface area contributed by atoms with Crippen molar-refractivity contribution in [3.63, 3.8) is 0 Å². The molecule has 0 unspecified atom stereocenters. The van der Waals surface area contributed by atoms with Crippen LogP contribution in [0.4, 0.5) is 5.69 Å². The molecule has 1 N–H and O–H groups in total. The number of nitrogens with zero attached hydrogens (tertiary/aromatic N) is 1. The summed E-state index contributed by atoms with van der Waals surface area (Å²) in [6.45, 7) is 7.50. The standard InChI is InChI=1S/C24H30N2O4/c1-4-13-29-21-11-7-20(8-12-21)26-16-19(14-23(26)27)24(28)25-15-18-5-9-22(10-6-18)30-17(2)3/h5-12,17,19H,4,13-16H2,1-3H3,(H,25,28)/t19-/m0/s1. The van der Waals surface area contributed by atoms with Crippen LogP contribution >= 0.6 is 0 Å². The van der Waals surface area contributed by atoms with E-state index in [0.29, 0.717) is 19.7 Å². The van der Waals surface area contributed by atoms with Gasteiger partial charge in [-0.1, -0.05) is 19.1 Å². The molecule has 2 aromatic rings. The fourth-order valence-electron chi connectivity index (χ4n) is 3.37. The highest BCUT2D eigenvalue weighted by Crippen LogP contribution is 2.27. The Labute approximate surface area is 178 Å². The Morgan fingerprint density at radius 1 is 1.10 bits per heavy atom. The molecule has 0 aliphatic carbocycles. The zero-order valence-electron chi connectivity index (χ0n) is 17.9. The van der Waals surface area contributed by atoms with Crippen LogP contribution in [0, 0.1) is 5.92 Å². The van der Waals surface area contributed by atoms with Gasteiger partial charge in [0.05, 0.1) is 18.6 Å². The predicted molar refractivity (Wildman–Crippen MR) is 117 cm³/mol. The molecule has 0 radical (unpaired) electrons. The molecule has 1 heterocycles. The molecule has 1 aliphatic heterocycles. The molecule has 0 spiro atoms. The third-order valence-corrected chi connectivity index (χ3v) is 4.88. The summed E-state index contributed by atoms with van der Waals surface area (Å²) in [6, 6.07) is 15.1. The van der Waals surface area contributed by atoms with Crippen LogP contribution in [-0.2, 0) is 16.1 Å². The summed E-state index contributed by atoms with van der Waals surface area (Å²) in [7, 11) is 0. The highest BCUT2D eigenvalue weighted by molar-refractivity contribution is 6.00. The van der Waals surface area contributed by atoms with Crippen molar-refractivity contribution in [2.75, 3.05) is 18.1 Å². The summed E-state index contributed by atoms with van der Waals surface area (Å²) in [5.41, 5.74) is 1.78. The molecule has 1 atom stereocenters. The lowest BCUT2D eigenvalue weighted by molar-refractivity contribution is -0.126. The molecule has 3 rings (SSSR count). The van der Waals surface area contributed by atoms with E-state index in [-0.39, 0.29) is 30.3 Å². The van der Waals surface area contributed by atoms with E-state index in [0.717, 1.165) is 29.2 Å². The van der Waals surface area contributed by atoms with Gasteiger partial charge in [0.1, 0.15) is 11.5 Å². The van der Waals surface area contributed by atoms with Crippen molar-refractivity contribution in [2.45, 2.75) is 46.3 Å². The first-order valence-corrected chi connectivity index (χ1v) is 10.5. The lowest BCUT2D eigenvalue weighted by Crippen LogP contribution is -2.32. The fraction of sp³-hybridized carbons (Fsp3) is 0.417. The minimum Gasteiger partial charge on any atom is -0.494 e. The first kappa shape index (κ1) is 21.7. The van der Waals surface area contributed by atoms with Gasteiger partial charge >= 0.3 is 0 Å². The Hall–Kier alpha value is -3.02. The minimum absolute atomic E-state index is 0.0347. The van der Waals surface area contributed by atoms with Gasteiger partial charge in [0.25, 0.3) is 0 Å². The largest absolute Gasteiger partial charge is 0.494 e. The highest BCUT2D eigenvalue weighted by atomic mass is 16.5. The lowest BCUT2D eigenvalue weighted by atomic mass is 10.1. The molecular formula is C24H30N2O4. The van der Waals surface area contributed by atoms with Gasteiger partial charge in [-0.05, 0) is 62.2 Å². The zero-order chi connectivity index (χ0) is 21.5. The Morgan fingerprint density at radius 2 is 1.77 bits per heavy atom. The molecule has 160 valence electrons. The maximum atomic E-state index is 12.6. The van der Waals surface area contributed by atoms with Crippen molar-refractivity contribution in [3.8, 4) is 11.5 Å². The van der Waals surface area contributed by atoms with Gasteiger partial charge in [-0.3, -0.25) is 9.59 Å². The van der Waals surface area contributed by atoms with E-state index in [4.69, 9.17) is 9.47 Å². The Balaban J connectivity index is 1.52. The number of hydrogen-bond donors (Lipinski definition) is 1. The second-order valence-electron chi connectivity index (χ2n) is 7.78. The van der Waals surface area contributed by atoms with Crippen molar-refractivity contribution in [1.82, 2.24) is 5.32 Å². The number of carbonyl (C=O) groups is 2. The van der Waals surface area contributed by atoms with Gasteiger partial charge in [0, 0.05) is 25.2 Å². The summed E-state index contributed by atoms with van der Waals surface area (Å²) in [4.78, 5) is 26.7. The molecule has 1 saturated heterocycles. The summed E-state index contributed by atoms with van der Waals surface area (Å²) in [5.74, 6) is 1.11. The molecule has 6 heteroatoms. The van der Waals surface area contributed by atoms with E-state index in [9.17, 15) is 9.59 Å². The number of benzene rings is 2. The Bertz CT molecular complexity index is 847. The van der Waals surface area contributed by atoms with Crippen LogP contribution in [-0.4, -0.2) is 31.1 Å². The number of nitrogens with one attached hydrogen (secondary N) is 1. The predicted octanol–water partition coefficient (Wildman–Crippen LogP) is 3.93. The van der Waals surface area contributed by atoms with E-state index >= 15 is 0 Å². The first-order chi connectivity index (χ1) is 14.5. The quantitative estimate of drug-likeness (QED) is 0.680. The number of rotatable bonds is 9. The van der Waals surface area contributed by atoms with E-state index in [1.807, 2.05) is 62.4 Å². The molecule has 1 aliphatic rings. The number of carbonyl (C=O) groups excluding carboxylic acids is 2. The topological polar surface area (TPSA) is 67.9 Å². The summed E-state index contributed by atoms with van der Waals surface area (Å²) < 4.78 is 11.2. The number of amides is 2. The smallest absolute Gasteiger partial charge is 0.227 e. The first-order valence-electron chi connectivity index (χ1n) is 10.5. The summed E-state index contributed by atoms with van der Waals surface area (Å²) >= 11 is 0. The van der Waals surface area contributed by atoms with E-state index in [1.54, 1.807) is 4.90 Å². The van der Waals surface area contributed by atoms with Crippen molar-refractivity contribution < 1.29 is 19.1 Å². The van der Waals surface area contributed by atoms with Crippen LogP contribution in [0.25, 0.3) is 0 Å². The van der Waals surface area contributed by atoms with Crippen LogP contribution in [0.15, 0.2) is 48.5 Å². The molecule has 1 fully saturated rings. The molecule has 6 nitrogen and oxygen atoms in total. The van der Waals surface area contributed by atoms with Crippen LogP contribution < -0.4 is 19.7 Å². The van der Waals surface area contributed by atoms with Crippen molar-refractivity contribution >= 4 is 17.5 Å². The molecular weight excluding hydrogens is 380 g/mol. The second kappa shape index (κ2) is 10.1. The van der Waals surface area contributed by atoms with Gasteiger partial charge in [-0.2, -0.15) is 0 Å². The molecule has 2 aromatic carbocycles. The Morgan fingerprint density at radius 3 is 2.40 bits per heavy atom. The second-order valence-corrected chi connectivity index (χ2v) is 7.78. The van der Waals surface area contributed by atoms with Crippen LogP contribution in [0.2, 0.25) is 0 Å². The van der Waals surface area contributed by atoms with Crippen LogP contribution in [0.5, 0.6) is 11.5 Å². The molecule has 0 aromatic heterocycles. The zero-order valence-corrected chi connectivity index (χ0v) is 17.9. The van der Waals surface area contributed by atoms with E-state index < -0.39 is 0 Å². The maximum absolute atomic E-state index is 12.6. The molecule has 0 saturated carbocycles. The fourth-order valence-corrected chi connectivity index (χ4v) is 3.37. The summed E-state index contributed by atoms with van der Waals surface area (Å²) in [5, 5.41) is 2.95. The summed E-state index contributed by atoms with van der Waals surface area (Å²) in [6.07, 6.45) is 1.29. The van der Waals surface area contributed by atoms with Gasteiger partial charge in [-0.25, -0.2) is 0 Å². The average Bonchev–Trinajstić information content (AvgIpc) is 3.13. The lowest BCUT2D eigenvalue weighted by Gasteiger charge is -2.17. The van der Waals surface area contributed by atoms with E-state index in [2.05, 4.69) is 12.2 Å². The van der Waals surface area contributed by atoms with Gasteiger partial charge in [0.15, 0.2) is 0 Å². The minimum atomic E-state index is -0.350. The third-order valence-electron chi connectivity index (χ3n) is 4.88. The Kier molecular flexibility index (Phi) is 7.33.